The fourth-order valence-corrected chi connectivity index (χ4v) is 2.38. The smallest absolute Gasteiger partial charge is 0.0771 e. The molecular formula is C13H27NO. The van der Waals surface area contributed by atoms with Crippen molar-refractivity contribution in [3.05, 3.63) is 0 Å². The van der Waals surface area contributed by atoms with E-state index < -0.39 is 0 Å². The van der Waals surface area contributed by atoms with Gasteiger partial charge < -0.3 is 10.4 Å². The lowest BCUT2D eigenvalue weighted by Gasteiger charge is -2.25. The lowest BCUT2D eigenvalue weighted by Crippen LogP contribution is -2.41. The summed E-state index contributed by atoms with van der Waals surface area (Å²) >= 11 is 0. The van der Waals surface area contributed by atoms with E-state index in [-0.39, 0.29) is 5.60 Å². The summed E-state index contributed by atoms with van der Waals surface area (Å²) in [7, 11) is 0. The molecule has 15 heavy (non-hydrogen) atoms. The van der Waals surface area contributed by atoms with Crippen LogP contribution in [-0.2, 0) is 0 Å². The molecular weight excluding hydrogens is 186 g/mol. The molecule has 1 unspecified atom stereocenters. The number of unbranched alkanes of at least 4 members (excludes halogenated alkanes) is 2. The van der Waals surface area contributed by atoms with Gasteiger partial charge in [0, 0.05) is 12.6 Å². The third-order valence-electron chi connectivity index (χ3n) is 3.55. The molecule has 0 amide bonds. The average molecular weight is 213 g/mol. The average Bonchev–Trinajstić information content (AvgIpc) is 2.64. The molecule has 1 saturated carbocycles. The predicted molar refractivity (Wildman–Crippen MR) is 65.0 cm³/mol. The van der Waals surface area contributed by atoms with Crippen molar-refractivity contribution in [1.29, 1.82) is 0 Å². The van der Waals surface area contributed by atoms with Crippen LogP contribution in [0.15, 0.2) is 0 Å². The highest BCUT2D eigenvalue weighted by molar-refractivity contribution is 4.86. The van der Waals surface area contributed by atoms with Gasteiger partial charge in [-0.15, -0.1) is 0 Å². The Labute approximate surface area is 94.5 Å². The quantitative estimate of drug-likeness (QED) is 0.637. The number of hydrogen-bond acceptors (Lipinski definition) is 2. The normalized spacial score (nSPS) is 21.8. The van der Waals surface area contributed by atoms with Crippen molar-refractivity contribution < 1.29 is 5.11 Å². The zero-order valence-corrected chi connectivity index (χ0v) is 10.4. The second-order valence-corrected chi connectivity index (χ2v) is 5.21. The van der Waals surface area contributed by atoms with Gasteiger partial charge in [-0.25, -0.2) is 0 Å². The van der Waals surface area contributed by atoms with E-state index in [1.54, 1.807) is 0 Å². The molecule has 2 N–H and O–H groups in total. The summed E-state index contributed by atoms with van der Waals surface area (Å²) in [5.74, 6) is 0. The first-order valence-corrected chi connectivity index (χ1v) is 6.62. The van der Waals surface area contributed by atoms with E-state index in [2.05, 4.69) is 19.2 Å². The summed E-state index contributed by atoms with van der Waals surface area (Å²) in [6, 6.07) is 0.557. The Morgan fingerprint density at radius 3 is 2.53 bits per heavy atom. The Hall–Kier alpha value is -0.0800. The van der Waals surface area contributed by atoms with Crippen molar-refractivity contribution >= 4 is 0 Å². The predicted octanol–water partition coefficient (Wildman–Crippen LogP) is 2.85. The number of nitrogens with one attached hydrogen (secondary N) is 1. The second-order valence-electron chi connectivity index (χ2n) is 5.21. The van der Waals surface area contributed by atoms with Gasteiger partial charge in [-0.2, -0.15) is 0 Å². The van der Waals surface area contributed by atoms with Crippen LogP contribution in [0.1, 0.15) is 65.2 Å². The molecule has 2 nitrogen and oxygen atoms in total. The van der Waals surface area contributed by atoms with Gasteiger partial charge in [0.1, 0.15) is 0 Å². The van der Waals surface area contributed by atoms with Crippen LogP contribution in [0.25, 0.3) is 0 Å². The van der Waals surface area contributed by atoms with Crippen LogP contribution in [-0.4, -0.2) is 23.3 Å². The van der Waals surface area contributed by atoms with Crippen LogP contribution in [0.5, 0.6) is 0 Å². The van der Waals surface area contributed by atoms with E-state index in [9.17, 15) is 5.11 Å². The molecule has 0 saturated heterocycles. The topological polar surface area (TPSA) is 32.3 Å². The number of aliphatic hydroxyl groups is 1. The van der Waals surface area contributed by atoms with E-state index >= 15 is 0 Å². The minimum Gasteiger partial charge on any atom is -0.389 e. The summed E-state index contributed by atoms with van der Waals surface area (Å²) < 4.78 is 0. The van der Waals surface area contributed by atoms with E-state index in [4.69, 9.17) is 0 Å². The zero-order valence-electron chi connectivity index (χ0n) is 10.4. The molecule has 0 aromatic rings. The molecule has 1 atom stereocenters. The minimum absolute atomic E-state index is 0.390. The highest BCUT2D eigenvalue weighted by atomic mass is 16.3. The molecule has 1 rings (SSSR count). The van der Waals surface area contributed by atoms with E-state index in [0.717, 1.165) is 19.4 Å². The van der Waals surface area contributed by atoms with Gasteiger partial charge in [-0.1, -0.05) is 39.0 Å². The van der Waals surface area contributed by atoms with Crippen molar-refractivity contribution in [2.45, 2.75) is 76.9 Å². The molecule has 0 radical (unpaired) electrons. The zero-order chi connectivity index (χ0) is 11.1. The van der Waals surface area contributed by atoms with Crippen molar-refractivity contribution in [1.82, 2.24) is 5.32 Å². The highest BCUT2D eigenvalue weighted by Gasteiger charge is 2.30. The van der Waals surface area contributed by atoms with Gasteiger partial charge in [0.05, 0.1) is 5.60 Å². The molecule has 0 heterocycles. The third-order valence-corrected chi connectivity index (χ3v) is 3.55. The summed E-state index contributed by atoms with van der Waals surface area (Å²) in [6.07, 6.45) is 9.54. The van der Waals surface area contributed by atoms with Crippen LogP contribution in [0.4, 0.5) is 0 Å². The molecule has 1 fully saturated rings. The number of rotatable bonds is 7. The Kier molecular flexibility index (Phi) is 5.62. The Balaban J connectivity index is 2.07. The summed E-state index contributed by atoms with van der Waals surface area (Å²) in [5, 5.41) is 13.6. The highest BCUT2D eigenvalue weighted by Crippen LogP contribution is 2.28. The molecule has 2 heteroatoms. The van der Waals surface area contributed by atoms with Crippen LogP contribution in [0.2, 0.25) is 0 Å². The van der Waals surface area contributed by atoms with Crippen molar-refractivity contribution in [3.63, 3.8) is 0 Å². The molecule has 1 aliphatic rings. The second kappa shape index (κ2) is 6.49. The van der Waals surface area contributed by atoms with Crippen LogP contribution >= 0.6 is 0 Å². The monoisotopic (exact) mass is 213 g/mol. The summed E-state index contributed by atoms with van der Waals surface area (Å²) in [6.45, 7) is 5.26. The van der Waals surface area contributed by atoms with Gasteiger partial charge in [-0.05, 0) is 26.2 Å². The first kappa shape index (κ1) is 13.0. The van der Waals surface area contributed by atoms with Gasteiger partial charge in [0.25, 0.3) is 0 Å². The SMILES string of the molecule is CCCCCC(C)NCC1(O)CCCC1. The summed E-state index contributed by atoms with van der Waals surface area (Å²) in [4.78, 5) is 0. The van der Waals surface area contributed by atoms with Crippen LogP contribution < -0.4 is 5.32 Å². The van der Waals surface area contributed by atoms with E-state index in [0.29, 0.717) is 6.04 Å². The largest absolute Gasteiger partial charge is 0.389 e. The Morgan fingerprint density at radius 1 is 1.27 bits per heavy atom. The fraction of sp³-hybridized carbons (Fsp3) is 1.00. The maximum Gasteiger partial charge on any atom is 0.0771 e. The van der Waals surface area contributed by atoms with Crippen molar-refractivity contribution in [2.75, 3.05) is 6.54 Å². The van der Waals surface area contributed by atoms with Crippen molar-refractivity contribution in [2.24, 2.45) is 0 Å². The van der Waals surface area contributed by atoms with Crippen LogP contribution in [0.3, 0.4) is 0 Å². The Morgan fingerprint density at radius 2 is 1.93 bits per heavy atom. The standard InChI is InChI=1S/C13H27NO/c1-3-4-5-8-12(2)14-11-13(15)9-6-7-10-13/h12,14-15H,3-11H2,1-2H3. The lowest BCUT2D eigenvalue weighted by molar-refractivity contribution is 0.0450. The molecule has 0 aromatic carbocycles. The number of hydrogen-bond donors (Lipinski definition) is 2. The fourth-order valence-electron chi connectivity index (χ4n) is 2.38. The van der Waals surface area contributed by atoms with Gasteiger partial charge in [0.15, 0.2) is 0 Å². The third kappa shape index (κ3) is 4.98. The van der Waals surface area contributed by atoms with Gasteiger partial charge in [-0.3, -0.25) is 0 Å². The lowest BCUT2D eigenvalue weighted by atomic mass is 10.0. The maximum atomic E-state index is 10.1. The molecule has 0 spiro atoms. The first-order valence-electron chi connectivity index (χ1n) is 6.62. The summed E-state index contributed by atoms with van der Waals surface area (Å²) in [5.41, 5.74) is -0.390. The molecule has 0 bridgehead atoms. The molecule has 0 aromatic heterocycles. The van der Waals surface area contributed by atoms with E-state index in [1.807, 2.05) is 0 Å². The minimum atomic E-state index is -0.390. The van der Waals surface area contributed by atoms with E-state index in [1.165, 1.54) is 38.5 Å². The van der Waals surface area contributed by atoms with Crippen molar-refractivity contribution in [3.8, 4) is 0 Å². The Bertz CT molecular complexity index is 164. The molecule has 1 aliphatic carbocycles. The molecule has 90 valence electrons. The maximum absolute atomic E-state index is 10.1. The van der Waals surface area contributed by atoms with Gasteiger partial charge >= 0.3 is 0 Å². The van der Waals surface area contributed by atoms with Gasteiger partial charge in [0.2, 0.25) is 0 Å². The first-order chi connectivity index (χ1) is 7.16. The molecule has 0 aliphatic heterocycles. The van der Waals surface area contributed by atoms with Crippen LogP contribution in [0, 0.1) is 0 Å².